The van der Waals surface area contributed by atoms with Crippen LogP contribution in [0.3, 0.4) is 0 Å². The van der Waals surface area contributed by atoms with Crippen molar-refractivity contribution in [2.45, 2.75) is 44.6 Å². The Morgan fingerprint density at radius 2 is 1.70 bits per heavy atom. The summed E-state index contributed by atoms with van der Waals surface area (Å²) in [6, 6.07) is 7.78. The zero-order valence-electron chi connectivity index (χ0n) is 12.0. The third-order valence-electron chi connectivity index (χ3n) is 5.91. The molecular weight excluding hydrogens is 249 g/mol. The first-order chi connectivity index (χ1) is 9.78. The Balaban J connectivity index is 1.34. The normalized spacial score (nSPS) is 38.4. The molecule has 0 aromatic heterocycles. The van der Waals surface area contributed by atoms with Crippen LogP contribution < -0.4 is 5.32 Å². The molecule has 0 saturated heterocycles. The minimum atomic E-state index is -0.114. The SMILES string of the molecule is Fc1cccc(CCNC2C3CC4CC(C3)CC2C4)c1. The minimum absolute atomic E-state index is 0.114. The van der Waals surface area contributed by atoms with Crippen molar-refractivity contribution in [3.63, 3.8) is 0 Å². The summed E-state index contributed by atoms with van der Waals surface area (Å²) < 4.78 is 13.2. The predicted molar refractivity (Wildman–Crippen MR) is 78.9 cm³/mol. The van der Waals surface area contributed by atoms with Gasteiger partial charge in [-0.05, 0) is 86.4 Å². The highest BCUT2D eigenvalue weighted by molar-refractivity contribution is 5.16. The predicted octanol–water partition coefficient (Wildman–Crippen LogP) is 3.78. The van der Waals surface area contributed by atoms with E-state index in [1.807, 2.05) is 12.1 Å². The van der Waals surface area contributed by atoms with Crippen LogP contribution in [-0.4, -0.2) is 12.6 Å². The highest BCUT2D eigenvalue weighted by Gasteiger charge is 2.47. The Kier molecular flexibility index (Phi) is 3.30. The number of nitrogens with one attached hydrogen (secondary N) is 1. The molecule has 0 atom stereocenters. The molecule has 0 aliphatic heterocycles. The third-order valence-corrected chi connectivity index (χ3v) is 5.91. The van der Waals surface area contributed by atoms with Gasteiger partial charge in [0.2, 0.25) is 0 Å². The van der Waals surface area contributed by atoms with Gasteiger partial charge in [0.15, 0.2) is 0 Å². The van der Waals surface area contributed by atoms with Crippen LogP contribution in [0.4, 0.5) is 4.39 Å². The van der Waals surface area contributed by atoms with Gasteiger partial charge in [-0.3, -0.25) is 0 Å². The number of rotatable bonds is 4. The average molecular weight is 273 g/mol. The Bertz CT molecular complexity index is 456. The van der Waals surface area contributed by atoms with Crippen LogP contribution in [0.15, 0.2) is 24.3 Å². The van der Waals surface area contributed by atoms with E-state index in [9.17, 15) is 4.39 Å². The van der Waals surface area contributed by atoms with Crippen LogP contribution in [0.2, 0.25) is 0 Å². The summed E-state index contributed by atoms with van der Waals surface area (Å²) in [7, 11) is 0. The van der Waals surface area contributed by atoms with Crippen molar-refractivity contribution in [1.29, 1.82) is 0 Å². The first kappa shape index (κ1) is 12.8. The molecule has 1 aromatic rings. The van der Waals surface area contributed by atoms with Crippen LogP contribution in [0.1, 0.15) is 37.7 Å². The number of hydrogen-bond acceptors (Lipinski definition) is 1. The number of halogens is 1. The molecule has 0 amide bonds. The lowest BCUT2D eigenvalue weighted by Crippen LogP contribution is -2.54. The summed E-state index contributed by atoms with van der Waals surface area (Å²) in [5, 5.41) is 3.81. The fourth-order valence-electron chi connectivity index (χ4n) is 5.33. The molecule has 0 spiro atoms. The average Bonchev–Trinajstić information content (AvgIpc) is 2.41. The zero-order valence-corrected chi connectivity index (χ0v) is 12.0. The molecule has 4 aliphatic rings. The van der Waals surface area contributed by atoms with Crippen molar-refractivity contribution in [1.82, 2.24) is 5.32 Å². The lowest BCUT2D eigenvalue weighted by Gasteiger charge is -2.54. The van der Waals surface area contributed by atoms with Crippen molar-refractivity contribution < 1.29 is 4.39 Å². The summed E-state index contributed by atoms with van der Waals surface area (Å²) in [6.45, 7) is 0.996. The van der Waals surface area contributed by atoms with Gasteiger partial charge >= 0.3 is 0 Å². The molecular formula is C18H24FN. The Morgan fingerprint density at radius 3 is 2.35 bits per heavy atom. The summed E-state index contributed by atoms with van der Waals surface area (Å²) in [4.78, 5) is 0. The van der Waals surface area contributed by atoms with Gasteiger partial charge in [-0.25, -0.2) is 4.39 Å². The molecule has 108 valence electrons. The topological polar surface area (TPSA) is 12.0 Å². The van der Waals surface area contributed by atoms with E-state index >= 15 is 0 Å². The highest BCUT2D eigenvalue weighted by Crippen LogP contribution is 2.53. The molecule has 4 bridgehead atoms. The molecule has 4 fully saturated rings. The molecule has 0 radical (unpaired) electrons. The second-order valence-corrected chi connectivity index (χ2v) is 7.29. The van der Waals surface area contributed by atoms with Gasteiger partial charge in [0.25, 0.3) is 0 Å². The maximum atomic E-state index is 13.2. The van der Waals surface area contributed by atoms with Crippen LogP contribution in [0.5, 0.6) is 0 Å². The fraction of sp³-hybridized carbons (Fsp3) is 0.667. The third kappa shape index (κ3) is 2.39. The second kappa shape index (κ2) is 5.14. The van der Waals surface area contributed by atoms with Gasteiger partial charge in [-0.1, -0.05) is 12.1 Å². The molecule has 1 nitrogen and oxygen atoms in total. The lowest BCUT2D eigenvalue weighted by molar-refractivity contribution is -0.0133. The number of hydrogen-bond donors (Lipinski definition) is 1. The summed E-state index contributed by atoms with van der Waals surface area (Å²) in [5.74, 6) is 3.83. The molecule has 0 unspecified atom stereocenters. The van der Waals surface area contributed by atoms with Gasteiger partial charge < -0.3 is 5.32 Å². The molecule has 2 heteroatoms. The van der Waals surface area contributed by atoms with Gasteiger partial charge in [0.05, 0.1) is 0 Å². The molecule has 1 aromatic carbocycles. The number of benzene rings is 1. The maximum absolute atomic E-state index is 13.2. The molecule has 4 saturated carbocycles. The smallest absolute Gasteiger partial charge is 0.123 e. The molecule has 5 rings (SSSR count). The second-order valence-electron chi connectivity index (χ2n) is 7.29. The molecule has 4 aliphatic carbocycles. The Labute approximate surface area is 121 Å². The van der Waals surface area contributed by atoms with E-state index < -0.39 is 0 Å². The Hall–Kier alpha value is -0.890. The largest absolute Gasteiger partial charge is 0.313 e. The zero-order chi connectivity index (χ0) is 13.5. The van der Waals surface area contributed by atoms with Crippen LogP contribution in [0, 0.1) is 29.5 Å². The van der Waals surface area contributed by atoms with Crippen molar-refractivity contribution in [2.24, 2.45) is 23.7 Å². The summed E-state index contributed by atoms with van der Waals surface area (Å²) in [6.07, 6.45) is 8.31. The van der Waals surface area contributed by atoms with Crippen molar-refractivity contribution >= 4 is 0 Å². The van der Waals surface area contributed by atoms with Gasteiger partial charge in [-0.2, -0.15) is 0 Å². The van der Waals surface area contributed by atoms with E-state index in [0.29, 0.717) is 0 Å². The summed E-state index contributed by atoms with van der Waals surface area (Å²) >= 11 is 0. The quantitative estimate of drug-likeness (QED) is 0.880. The van der Waals surface area contributed by atoms with Crippen molar-refractivity contribution in [3.8, 4) is 0 Å². The fourth-order valence-corrected chi connectivity index (χ4v) is 5.33. The van der Waals surface area contributed by atoms with E-state index in [1.54, 1.807) is 6.07 Å². The van der Waals surface area contributed by atoms with Crippen LogP contribution in [0.25, 0.3) is 0 Å². The van der Waals surface area contributed by atoms with Crippen molar-refractivity contribution in [2.75, 3.05) is 6.54 Å². The lowest BCUT2D eigenvalue weighted by atomic mass is 9.54. The first-order valence-electron chi connectivity index (χ1n) is 8.26. The Morgan fingerprint density at radius 1 is 1.00 bits per heavy atom. The van der Waals surface area contributed by atoms with E-state index in [1.165, 1.54) is 38.2 Å². The van der Waals surface area contributed by atoms with Crippen LogP contribution in [-0.2, 0) is 6.42 Å². The maximum Gasteiger partial charge on any atom is 0.123 e. The first-order valence-corrected chi connectivity index (χ1v) is 8.26. The van der Waals surface area contributed by atoms with E-state index in [4.69, 9.17) is 0 Å². The van der Waals surface area contributed by atoms with Crippen LogP contribution >= 0.6 is 0 Å². The van der Waals surface area contributed by atoms with E-state index in [0.717, 1.165) is 48.2 Å². The standard InChI is InChI=1S/C18H24FN/c19-17-3-1-2-12(11-17)4-5-20-18-15-7-13-6-14(9-15)10-16(18)8-13/h1-3,11,13-16,18,20H,4-10H2. The van der Waals surface area contributed by atoms with Gasteiger partial charge in [0.1, 0.15) is 5.82 Å². The molecule has 0 heterocycles. The summed E-state index contributed by atoms with van der Waals surface area (Å²) in [5.41, 5.74) is 1.11. The minimum Gasteiger partial charge on any atom is -0.313 e. The van der Waals surface area contributed by atoms with Crippen molar-refractivity contribution in [3.05, 3.63) is 35.6 Å². The molecule has 1 N–H and O–H groups in total. The van der Waals surface area contributed by atoms with Gasteiger partial charge in [-0.15, -0.1) is 0 Å². The monoisotopic (exact) mass is 273 g/mol. The van der Waals surface area contributed by atoms with E-state index in [-0.39, 0.29) is 5.82 Å². The van der Waals surface area contributed by atoms with Gasteiger partial charge in [0, 0.05) is 6.04 Å². The highest BCUT2D eigenvalue weighted by atomic mass is 19.1. The molecule has 20 heavy (non-hydrogen) atoms. The van der Waals surface area contributed by atoms with E-state index in [2.05, 4.69) is 5.32 Å².